The van der Waals surface area contributed by atoms with Gasteiger partial charge in [0.25, 0.3) is 0 Å². The first-order valence-corrected chi connectivity index (χ1v) is 2.70. The van der Waals surface area contributed by atoms with Gasteiger partial charge in [-0.15, -0.1) is 0 Å². The molecule has 9 heavy (non-hydrogen) atoms. The molecule has 0 radical (unpaired) electrons. The summed E-state index contributed by atoms with van der Waals surface area (Å²) in [6.45, 7) is 1.69. The van der Waals surface area contributed by atoms with Crippen molar-refractivity contribution in [2.24, 2.45) is 11.8 Å². The monoisotopic (exact) mass is 138 g/mol. The van der Waals surface area contributed by atoms with Crippen molar-refractivity contribution in [2.75, 3.05) is 0 Å². The Morgan fingerprint density at radius 3 is 3.11 bits per heavy atom. The Hall–Kier alpha value is -0.0400. The summed E-state index contributed by atoms with van der Waals surface area (Å²) in [5, 5.41) is 3.96. The molecule has 0 amide bonds. The van der Waals surface area contributed by atoms with Crippen LogP contribution in [-0.2, 0) is 0 Å². The van der Waals surface area contributed by atoms with Crippen LogP contribution in [0.5, 0.6) is 0 Å². The zero-order chi connectivity index (χ0) is 15.7. The highest BCUT2D eigenvalue weighted by Gasteiger charge is 2.22. The van der Waals surface area contributed by atoms with Crippen molar-refractivity contribution in [1.29, 1.82) is 1.43 Å². The molecule has 54 valence electrons. The van der Waals surface area contributed by atoms with Gasteiger partial charge in [0.15, 0.2) is 0 Å². The van der Waals surface area contributed by atoms with E-state index in [1.165, 1.54) is 0 Å². The average molecular weight is 138 g/mol. The number of aliphatic hydroxyl groups is 1. The number of hydrogen-bond donors (Lipinski definition) is 1. The van der Waals surface area contributed by atoms with Crippen molar-refractivity contribution >= 4 is 0 Å². The molecule has 1 fully saturated rings. The second kappa shape index (κ2) is 2.70. The normalized spacial score (nSPS) is 102. The van der Waals surface area contributed by atoms with E-state index in [2.05, 4.69) is 5.11 Å². The van der Waals surface area contributed by atoms with E-state index in [4.69, 9.17) is 13.8 Å². The first-order chi connectivity index (χ1) is 8.06. The molecule has 1 saturated carbocycles. The first kappa shape index (κ1) is 1.58. The van der Waals surface area contributed by atoms with Crippen LogP contribution in [0.3, 0.4) is 0 Å². The molecule has 0 aromatic rings. The minimum atomic E-state index is -3.22. The van der Waals surface area contributed by atoms with Crippen molar-refractivity contribution in [3.05, 3.63) is 0 Å². The largest absolute Gasteiger partial charge is 0.393 e. The fraction of sp³-hybridized carbons (Fsp3) is 1.00. The fourth-order valence-electron chi connectivity index (χ4n) is 0.614. The third-order valence-electron chi connectivity index (χ3n) is 1.08. The predicted molar refractivity (Wildman–Crippen MR) is 38.2 cm³/mol. The average Bonchev–Trinajstić information content (AvgIpc) is 2.24. The van der Waals surface area contributed by atoms with Gasteiger partial charge in [-0.05, 0) is 30.9 Å². The van der Waals surface area contributed by atoms with Crippen LogP contribution >= 0.6 is 0 Å². The molecule has 3 atom stereocenters. The maximum atomic E-state index is 7.94. The Kier molecular flexibility index (Phi) is 0.473. The quantitative estimate of drug-likeness (QED) is 0.586. The van der Waals surface area contributed by atoms with Crippen molar-refractivity contribution in [3.63, 3.8) is 0 Å². The van der Waals surface area contributed by atoms with Crippen LogP contribution in [0.4, 0.5) is 0 Å². The van der Waals surface area contributed by atoms with Crippen LogP contribution in [0.2, 0.25) is 0 Å². The summed E-state index contributed by atoms with van der Waals surface area (Å²) in [4.78, 5) is 0. The molecule has 1 rings (SSSR count). The van der Waals surface area contributed by atoms with Crippen molar-refractivity contribution < 1.29 is 17.4 Å². The molecule has 0 aromatic carbocycles. The van der Waals surface area contributed by atoms with Gasteiger partial charge in [-0.2, -0.15) is 0 Å². The van der Waals surface area contributed by atoms with Crippen molar-refractivity contribution in [2.45, 2.75) is 39.0 Å². The molecule has 0 aliphatic heterocycles. The van der Waals surface area contributed by atoms with E-state index in [9.17, 15) is 0 Å². The molecule has 0 heterocycles. The lowest BCUT2D eigenvalue weighted by atomic mass is 9.81. The molecule has 3 unspecified atom stereocenters. The third-order valence-corrected chi connectivity index (χ3v) is 1.08. The smallest absolute Gasteiger partial charge is 0.210 e. The summed E-state index contributed by atoms with van der Waals surface area (Å²) in [6.07, 6.45) is -12.4. The van der Waals surface area contributed by atoms with Gasteiger partial charge in [-0.1, -0.05) is 13.8 Å². The minimum Gasteiger partial charge on any atom is -0.393 e. The van der Waals surface area contributed by atoms with Crippen molar-refractivity contribution in [3.8, 4) is 0 Å². The topological polar surface area (TPSA) is 20.2 Å². The lowest BCUT2D eigenvalue weighted by Gasteiger charge is -2.28. The zero-order valence-electron chi connectivity index (χ0n) is 15.4. The molecular formula is C8H16O. The van der Waals surface area contributed by atoms with Gasteiger partial charge in [-0.25, -0.2) is 0 Å². The summed E-state index contributed by atoms with van der Waals surface area (Å²) in [6, 6.07) is 0. The summed E-state index contributed by atoms with van der Waals surface area (Å²) < 4.78 is 77.0. The third kappa shape index (κ3) is 1.68. The van der Waals surface area contributed by atoms with Crippen LogP contribution in [0.25, 0.3) is 0 Å². The standard InChI is InChI=1S/C8H16O/c1-6-3-4-8(9)7(2)5-6/h6-9H,3-5H2,1-2H3/i3D2,4D2,5D2,6D,7D,8D,9D. The SMILES string of the molecule is [2H]OC1([2H])C([2H])([2H])C([2H])([2H])C([2H])(C)C([2H])([2H])C1([2H])C. The molecule has 1 aliphatic carbocycles. The van der Waals surface area contributed by atoms with Crippen LogP contribution in [0.15, 0.2) is 0 Å². The number of hydrogen-bond acceptors (Lipinski definition) is 1. The van der Waals surface area contributed by atoms with E-state index in [0.29, 0.717) is 0 Å². The second-order valence-electron chi connectivity index (χ2n) is 1.95. The summed E-state index contributed by atoms with van der Waals surface area (Å²) in [5.74, 6) is -5.30. The van der Waals surface area contributed by atoms with Crippen LogP contribution in [0.1, 0.15) is 45.3 Å². The van der Waals surface area contributed by atoms with Crippen LogP contribution in [-0.4, -0.2) is 12.6 Å². The van der Waals surface area contributed by atoms with Crippen molar-refractivity contribution in [1.82, 2.24) is 0 Å². The highest BCUT2D eigenvalue weighted by atomic mass is 16.3. The Labute approximate surface area is 71.2 Å². The van der Waals surface area contributed by atoms with Gasteiger partial charge in [0.05, 0.1) is 7.45 Å². The van der Waals surface area contributed by atoms with E-state index in [-0.39, 0.29) is 0 Å². The Balaban J connectivity index is 3.76. The Bertz CT molecular complexity index is 357. The van der Waals surface area contributed by atoms with E-state index in [0.717, 1.165) is 13.8 Å². The van der Waals surface area contributed by atoms with Gasteiger partial charge in [0.2, 0.25) is 1.43 Å². The van der Waals surface area contributed by atoms with E-state index in [1.807, 2.05) is 0 Å². The Morgan fingerprint density at radius 1 is 1.67 bits per heavy atom. The fourth-order valence-corrected chi connectivity index (χ4v) is 0.614. The van der Waals surface area contributed by atoms with Crippen LogP contribution in [0, 0.1) is 11.8 Å². The predicted octanol–water partition coefficient (Wildman–Crippen LogP) is 1.80. The lowest BCUT2D eigenvalue weighted by Crippen LogP contribution is -2.25. The van der Waals surface area contributed by atoms with Gasteiger partial charge in [0, 0.05) is 11.0 Å². The highest BCUT2D eigenvalue weighted by Crippen LogP contribution is 2.28. The minimum absolute atomic E-state index is 0.842. The highest BCUT2D eigenvalue weighted by molar-refractivity contribution is 4.74. The summed E-state index contributed by atoms with van der Waals surface area (Å²) in [7, 11) is 0. The van der Waals surface area contributed by atoms with Crippen LogP contribution < -0.4 is 0 Å². The number of rotatable bonds is 1. The summed E-state index contributed by atoms with van der Waals surface area (Å²) in [5.41, 5.74) is 0. The maximum Gasteiger partial charge on any atom is 0.210 e. The second-order valence-corrected chi connectivity index (χ2v) is 1.95. The molecule has 0 bridgehead atoms. The molecule has 0 aromatic heterocycles. The molecule has 1 N–H and O–H groups in total. The molecule has 0 spiro atoms. The molecule has 1 nitrogen and oxygen atoms in total. The zero-order valence-corrected chi connectivity index (χ0v) is 5.41. The Morgan fingerprint density at radius 2 is 2.44 bits per heavy atom. The molecular weight excluding hydrogens is 112 g/mol. The van der Waals surface area contributed by atoms with Gasteiger partial charge in [0.1, 0.15) is 0 Å². The van der Waals surface area contributed by atoms with Gasteiger partial charge in [-0.3, -0.25) is 0 Å². The van der Waals surface area contributed by atoms with E-state index in [1.54, 1.807) is 0 Å². The van der Waals surface area contributed by atoms with Gasteiger partial charge < -0.3 is 5.11 Å². The first-order valence-electron chi connectivity index (χ1n) is 7.61. The maximum absolute atomic E-state index is 7.94. The summed E-state index contributed by atoms with van der Waals surface area (Å²) >= 11 is 0. The molecule has 1 heteroatoms. The van der Waals surface area contributed by atoms with Gasteiger partial charge >= 0.3 is 0 Å². The molecule has 0 saturated heterocycles. The lowest BCUT2D eigenvalue weighted by molar-refractivity contribution is 0.0611. The van der Waals surface area contributed by atoms with E-state index < -0.39 is 37.0 Å². The molecule has 1 aliphatic rings. The van der Waals surface area contributed by atoms with E-state index >= 15 is 0 Å².